The van der Waals surface area contributed by atoms with E-state index in [0.29, 0.717) is 19.6 Å². The van der Waals surface area contributed by atoms with Gasteiger partial charge in [0.05, 0.1) is 6.54 Å². The Morgan fingerprint density at radius 2 is 2.18 bits per heavy atom. The molecule has 0 bridgehead atoms. The van der Waals surface area contributed by atoms with Crippen molar-refractivity contribution in [3.63, 3.8) is 0 Å². The van der Waals surface area contributed by atoms with Gasteiger partial charge in [0.15, 0.2) is 5.96 Å². The summed E-state index contributed by atoms with van der Waals surface area (Å²) in [5, 5.41) is 12.3. The maximum atomic E-state index is 10.4. The third-order valence-electron chi connectivity index (χ3n) is 0.991. The first-order chi connectivity index (χ1) is 5.13. The molecule has 0 saturated carbocycles. The first-order valence-corrected chi connectivity index (χ1v) is 3.41. The van der Waals surface area contributed by atoms with Crippen LogP contribution in [0.2, 0.25) is 0 Å². The van der Waals surface area contributed by atoms with Crippen LogP contribution in [0.25, 0.3) is 0 Å². The normalized spacial score (nSPS) is 9.18. The minimum absolute atomic E-state index is 0.0466. The second-order valence-electron chi connectivity index (χ2n) is 2.22. The van der Waals surface area contributed by atoms with Crippen LogP contribution in [0.15, 0.2) is 0 Å². The summed E-state index contributed by atoms with van der Waals surface area (Å²) in [4.78, 5) is 10.4. The highest BCUT2D eigenvalue weighted by Crippen LogP contribution is 1.63. The summed E-state index contributed by atoms with van der Waals surface area (Å²) in [5.41, 5.74) is 5.01. The smallest absolute Gasteiger partial charge is 0.185 e. The highest BCUT2D eigenvalue weighted by molar-refractivity contribution is 5.77. The third kappa shape index (κ3) is 8.90. The number of nitrogens with one attached hydrogen (secondary N) is 3. The van der Waals surface area contributed by atoms with Crippen molar-refractivity contribution in [2.45, 2.75) is 6.92 Å². The van der Waals surface area contributed by atoms with E-state index in [-0.39, 0.29) is 11.7 Å². The Morgan fingerprint density at radius 3 is 2.64 bits per heavy atom. The summed E-state index contributed by atoms with van der Waals surface area (Å²) in [6, 6.07) is 0. The molecule has 0 heterocycles. The molecule has 0 aliphatic heterocycles. The van der Waals surface area contributed by atoms with Gasteiger partial charge in [0.25, 0.3) is 0 Å². The zero-order chi connectivity index (χ0) is 8.69. The SMILES string of the molecule is CC(=O)CNCCNC(=N)N. The summed E-state index contributed by atoms with van der Waals surface area (Å²) < 4.78 is 0. The molecule has 0 amide bonds. The summed E-state index contributed by atoms with van der Waals surface area (Å²) in [5.74, 6) is 0.0578. The van der Waals surface area contributed by atoms with E-state index in [9.17, 15) is 4.79 Å². The van der Waals surface area contributed by atoms with E-state index in [0.717, 1.165) is 0 Å². The van der Waals surface area contributed by atoms with Gasteiger partial charge in [-0.05, 0) is 6.92 Å². The Kier molecular flexibility index (Phi) is 5.10. The van der Waals surface area contributed by atoms with E-state index < -0.39 is 0 Å². The van der Waals surface area contributed by atoms with Gasteiger partial charge in [0, 0.05) is 13.1 Å². The first-order valence-electron chi connectivity index (χ1n) is 3.41. The fourth-order valence-corrected chi connectivity index (χ4v) is 0.550. The molecule has 0 rings (SSSR count). The molecule has 0 aromatic heterocycles. The third-order valence-corrected chi connectivity index (χ3v) is 0.991. The lowest BCUT2D eigenvalue weighted by Crippen LogP contribution is -2.36. The van der Waals surface area contributed by atoms with Gasteiger partial charge in [-0.15, -0.1) is 0 Å². The Morgan fingerprint density at radius 1 is 1.55 bits per heavy atom. The average molecular weight is 158 g/mol. The Labute approximate surface area is 65.9 Å². The largest absolute Gasteiger partial charge is 0.370 e. The summed E-state index contributed by atoms with van der Waals surface area (Å²) in [6.07, 6.45) is 0. The molecule has 0 aromatic rings. The Hall–Kier alpha value is -1.10. The van der Waals surface area contributed by atoms with E-state index in [1.807, 2.05) is 0 Å². The van der Waals surface area contributed by atoms with Gasteiger partial charge >= 0.3 is 0 Å². The lowest BCUT2D eigenvalue weighted by molar-refractivity contribution is -0.116. The summed E-state index contributed by atoms with van der Waals surface area (Å²) >= 11 is 0. The predicted molar refractivity (Wildman–Crippen MR) is 43.5 cm³/mol. The molecule has 0 spiro atoms. The van der Waals surface area contributed by atoms with Gasteiger partial charge in [-0.25, -0.2) is 0 Å². The van der Waals surface area contributed by atoms with Crippen LogP contribution in [0.3, 0.4) is 0 Å². The van der Waals surface area contributed by atoms with Crippen LogP contribution >= 0.6 is 0 Å². The van der Waals surface area contributed by atoms with Crippen molar-refractivity contribution in [1.29, 1.82) is 5.41 Å². The highest BCUT2D eigenvalue weighted by Gasteiger charge is 1.91. The molecule has 5 heteroatoms. The zero-order valence-electron chi connectivity index (χ0n) is 6.61. The molecular formula is C6H14N4O. The molecule has 0 aliphatic carbocycles. The highest BCUT2D eigenvalue weighted by atomic mass is 16.1. The number of guanidine groups is 1. The fourth-order valence-electron chi connectivity index (χ4n) is 0.550. The van der Waals surface area contributed by atoms with Crippen molar-refractivity contribution in [3.05, 3.63) is 0 Å². The van der Waals surface area contributed by atoms with Gasteiger partial charge in [-0.2, -0.15) is 0 Å². The van der Waals surface area contributed by atoms with Gasteiger partial charge in [0.2, 0.25) is 0 Å². The van der Waals surface area contributed by atoms with E-state index in [1.165, 1.54) is 6.92 Å². The van der Waals surface area contributed by atoms with Crippen LogP contribution in [0.4, 0.5) is 0 Å². The van der Waals surface area contributed by atoms with Crippen molar-refractivity contribution in [2.75, 3.05) is 19.6 Å². The van der Waals surface area contributed by atoms with E-state index in [2.05, 4.69) is 10.6 Å². The van der Waals surface area contributed by atoms with Crippen molar-refractivity contribution in [1.82, 2.24) is 10.6 Å². The molecular weight excluding hydrogens is 144 g/mol. The quantitative estimate of drug-likeness (QED) is 0.226. The molecule has 0 saturated heterocycles. The van der Waals surface area contributed by atoms with Crippen molar-refractivity contribution < 1.29 is 4.79 Å². The maximum absolute atomic E-state index is 10.4. The number of carbonyl (C=O) groups is 1. The molecule has 11 heavy (non-hydrogen) atoms. The van der Waals surface area contributed by atoms with Crippen LogP contribution in [-0.2, 0) is 4.79 Å². The summed E-state index contributed by atoms with van der Waals surface area (Å²) in [6.45, 7) is 3.10. The van der Waals surface area contributed by atoms with Gasteiger partial charge < -0.3 is 16.4 Å². The Balaban J connectivity index is 3.03. The molecule has 0 fully saturated rings. The number of rotatable bonds is 5. The number of ketones is 1. The van der Waals surface area contributed by atoms with E-state index in [4.69, 9.17) is 11.1 Å². The number of hydrogen-bond donors (Lipinski definition) is 4. The number of nitrogens with two attached hydrogens (primary N) is 1. The standard InChI is InChI=1S/C6H14N4O/c1-5(11)4-9-2-3-10-6(7)8/h9H,2-4H2,1H3,(H4,7,8,10). The second kappa shape index (κ2) is 5.67. The molecule has 5 nitrogen and oxygen atoms in total. The molecule has 5 N–H and O–H groups in total. The average Bonchev–Trinajstić information content (AvgIpc) is 1.85. The Bertz CT molecular complexity index is 130. The van der Waals surface area contributed by atoms with Crippen LogP contribution in [0.5, 0.6) is 0 Å². The molecule has 0 aliphatic rings. The maximum Gasteiger partial charge on any atom is 0.185 e. The predicted octanol–water partition coefficient (Wildman–Crippen LogP) is -1.35. The van der Waals surface area contributed by atoms with Gasteiger partial charge in [-0.1, -0.05) is 0 Å². The lowest BCUT2D eigenvalue weighted by atomic mass is 10.4. The zero-order valence-corrected chi connectivity index (χ0v) is 6.61. The second-order valence-corrected chi connectivity index (χ2v) is 2.22. The van der Waals surface area contributed by atoms with E-state index in [1.54, 1.807) is 0 Å². The summed E-state index contributed by atoms with van der Waals surface area (Å²) in [7, 11) is 0. The van der Waals surface area contributed by atoms with Crippen molar-refractivity contribution in [3.8, 4) is 0 Å². The minimum atomic E-state index is -0.0466. The van der Waals surface area contributed by atoms with Gasteiger partial charge in [-0.3, -0.25) is 10.2 Å². The molecule has 0 aromatic carbocycles. The first kappa shape index (κ1) is 9.90. The molecule has 0 radical (unpaired) electrons. The fraction of sp³-hybridized carbons (Fsp3) is 0.667. The topological polar surface area (TPSA) is 91.0 Å². The molecule has 64 valence electrons. The van der Waals surface area contributed by atoms with Crippen molar-refractivity contribution >= 4 is 11.7 Å². The number of hydrogen-bond acceptors (Lipinski definition) is 3. The van der Waals surface area contributed by atoms with Crippen LogP contribution < -0.4 is 16.4 Å². The lowest BCUT2D eigenvalue weighted by Gasteiger charge is -2.03. The monoisotopic (exact) mass is 158 g/mol. The van der Waals surface area contributed by atoms with Crippen molar-refractivity contribution in [2.24, 2.45) is 5.73 Å². The van der Waals surface area contributed by atoms with Crippen LogP contribution in [0, 0.1) is 5.41 Å². The molecule has 0 unspecified atom stereocenters. The van der Waals surface area contributed by atoms with Crippen LogP contribution in [0.1, 0.15) is 6.92 Å². The van der Waals surface area contributed by atoms with Gasteiger partial charge in [0.1, 0.15) is 5.78 Å². The molecule has 0 atom stereocenters. The minimum Gasteiger partial charge on any atom is -0.370 e. The number of Topliss-reactive ketones (excluding diaryl/α,β-unsaturated/α-hetero) is 1. The van der Waals surface area contributed by atoms with Crippen LogP contribution in [-0.4, -0.2) is 31.4 Å². The van der Waals surface area contributed by atoms with E-state index >= 15 is 0 Å². The number of carbonyl (C=O) groups excluding carboxylic acids is 1.